The van der Waals surface area contributed by atoms with Crippen LogP contribution in [0.4, 0.5) is 5.69 Å². The molecule has 1 aromatic rings. The number of nitrogens with zero attached hydrogens (tertiary/aromatic N) is 1. The molecule has 0 aromatic heterocycles. The third kappa shape index (κ3) is 8.04. The Kier molecular flexibility index (Phi) is 9.79. The lowest BCUT2D eigenvalue weighted by Gasteiger charge is -2.17. The van der Waals surface area contributed by atoms with Gasteiger partial charge in [0.25, 0.3) is 5.69 Å². The maximum absolute atomic E-state index is 10.3. The molecule has 21 heavy (non-hydrogen) atoms. The first kappa shape index (κ1) is 19.1. The second-order valence-corrected chi connectivity index (χ2v) is 4.56. The zero-order valence-corrected chi connectivity index (χ0v) is 12.8. The summed E-state index contributed by atoms with van der Waals surface area (Å²) in [5.41, 5.74) is -0.0689. The van der Waals surface area contributed by atoms with Crippen LogP contribution >= 0.6 is 0 Å². The Balaban J connectivity index is 0.000000377. The van der Waals surface area contributed by atoms with Crippen molar-refractivity contribution in [2.75, 3.05) is 13.1 Å². The van der Waals surface area contributed by atoms with E-state index in [2.05, 4.69) is 12.2 Å². The van der Waals surface area contributed by atoms with Gasteiger partial charge in [-0.1, -0.05) is 20.8 Å². The summed E-state index contributed by atoms with van der Waals surface area (Å²) in [6, 6.07) is 4.70. The maximum atomic E-state index is 10.3. The second kappa shape index (κ2) is 10.8. The summed E-state index contributed by atoms with van der Waals surface area (Å²) >= 11 is 0. The average molecular weight is 296 g/mol. The predicted molar refractivity (Wildman–Crippen MR) is 82.7 cm³/mol. The van der Waals surface area contributed by atoms with Crippen molar-refractivity contribution in [1.29, 1.82) is 0 Å². The number of carboxylic acids is 1. The lowest BCUT2D eigenvalue weighted by atomic mass is 10.0. The number of carbonyl (C=O) groups is 1. The van der Waals surface area contributed by atoms with E-state index in [4.69, 9.17) is 5.11 Å². The van der Waals surface area contributed by atoms with Gasteiger partial charge in [-0.3, -0.25) is 10.1 Å². The normalized spacial score (nSPS) is 16.6. The van der Waals surface area contributed by atoms with Crippen molar-refractivity contribution in [1.82, 2.24) is 5.32 Å². The van der Waals surface area contributed by atoms with Gasteiger partial charge in [0.1, 0.15) is 0 Å². The van der Waals surface area contributed by atoms with Gasteiger partial charge >= 0.3 is 5.97 Å². The van der Waals surface area contributed by atoms with Crippen LogP contribution < -0.4 is 5.32 Å². The van der Waals surface area contributed by atoms with Crippen molar-refractivity contribution in [2.45, 2.75) is 33.6 Å². The number of benzene rings is 1. The number of nitro groups is 1. The molecule has 1 fully saturated rings. The van der Waals surface area contributed by atoms with E-state index in [1.165, 1.54) is 38.1 Å². The monoisotopic (exact) mass is 296 g/mol. The van der Waals surface area contributed by atoms with E-state index in [0.717, 1.165) is 18.1 Å². The van der Waals surface area contributed by atoms with Crippen LogP contribution in [0, 0.1) is 16.0 Å². The first-order valence-electron chi connectivity index (χ1n) is 7.19. The zero-order chi connectivity index (χ0) is 16.3. The van der Waals surface area contributed by atoms with Gasteiger partial charge in [0, 0.05) is 12.1 Å². The lowest BCUT2D eigenvalue weighted by molar-refractivity contribution is -0.384. The summed E-state index contributed by atoms with van der Waals surface area (Å²) in [5, 5.41) is 21.9. The molecule has 0 aliphatic carbocycles. The fourth-order valence-corrected chi connectivity index (χ4v) is 1.75. The molecule has 1 aliphatic heterocycles. The van der Waals surface area contributed by atoms with Crippen molar-refractivity contribution in [3.8, 4) is 0 Å². The van der Waals surface area contributed by atoms with Gasteiger partial charge in [-0.2, -0.15) is 0 Å². The summed E-state index contributed by atoms with van der Waals surface area (Å²) in [7, 11) is 0. The molecule has 1 saturated heterocycles. The topological polar surface area (TPSA) is 92.5 Å². The van der Waals surface area contributed by atoms with E-state index in [1.807, 2.05) is 13.8 Å². The highest BCUT2D eigenvalue weighted by molar-refractivity contribution is 5.87. The number of nitrogens with one attached hydrogen (secondary N) is 1. The van der Waals surface area contributed by atoms with E-state index >= 15 is 0 Å². The van der Waals surface area contributed by atoms with Gasteiger partial charge in [-0.15, -0.1) is 0 Å². The van der Waals surface area contributed by atoms with Gasteiger partial charge in [0.15, 0.2) is 0 Å². The Bertz CT molecular complexity index is 393. The van der Waals surface area contributed by atoms with Crippen molar-refractivity contribution in [2.24, 2.45) is 5.92 Å². The number of carboxylic acid groups (broad SMARTS) is 1. The van der Waals surface area contributed by atoms with Crippen LogP contribution in [0.5, 0.6) is 0 Å². The highest BCUT2D eigenvalue weighted by Crippen LogP contribution is 2.11. The van der Waals surface area contributed by atoms with Crippen molar-refractivity contribution < 1.29 is 14.8 Å². The highest BCUT2D eigenvalue weighted by Gasteiger charge is 2.07. The minimum absolute atomic E-state index is 0.0422. The van der Waals surface area contributed by atoms with Crippen molar-refractivity contribution >= 4 is 11.7 Å². The van der Waals surface area contributed by atoms with Crippen molar-refractivity contribution in [3.05, 3.63) is 39.9 Å². The summed E-state index contributed by atoms with van der Waals surface area (Å²) in [6.45, 7) is 8.77. The first-order chi connectivity index (χ1) is 10.0. The van der Waals surface area contributed by atoms with Crippen LogP contribution in [0.25, 0.3) is 0 Å². The predicted octanol–water partition coefficient (Wildman–Crippen LogP) is 3.33. The van der Waals surface area contributed by atoms with Crippen LogP contribution in [0.2, 0.25) is 0 Å². The SMILES string of the molecule is CC.CC1CCCNC1.O=C(O)c1ccc([N+](=O)[O-])cc1. The molecular weight excluding hydrogens is 272 g/mol. The first-order valence-corrected chi connectivity index (χ1v) is 7.19. The molecule has 1 atom stereocenters. The Morgan fingerprint density at radius 1 is 1.33 bits per heavy atom. The number of nitro benzene ring substituents is 1. The minimum Gasteiger partial charge on any atom is -0.478 e. The number of piperidine rings is 1. The molecule has 6 nitrogen and oxygen atoms in total. The molecule has 0 radical (unpaired) electrons. The smallest absolute Gasteiger partial charge is 0.335 e. The van der Waals surface area contributed by atoms with E-state index in [0.29, 0.717) is 0 Å². The molecule has 0 saturated carbocycles. The van der Waals surface area contributed by atoms with Gasteiger partial charge in [0.05, 0.1) is 10.5 Å². The standard InChI is InChI=1S/C7H5NO4.C6H13N.C2H6/c9-7(10)5-1-3-6(4-2-5)8(11)12;1-6-3-2-4-7-5-6;1-2/h1-4H,(H,9,10);6-7H,2-5H2,1H3;1-2H3. The largest absolute Gasteiger partial charge is 0.478 e. The third-order valence-corrected chi connectivity index (χ3v) is 2.87. The van der Waals surface area contributed by atoms with E-state index in [-0.39, 0.29) is 11.3 Å². The number of non-ortho nitro benzene ring substituents is 1. The van der Waals surface area contributed by atoms with Gasteiger partial charge in [-0.05, 0) is 44.0 Å². The Morgan fingerprint density at radius 3 is 2.19 bits per heavy atom. The third-order valence-electron chi connectivity index (χ3n) is 2.87. The molecule has 1 heterocycles. The average Bonchev–Trinajstić information content (AvgIpc) is 2.51. The van der Waals surface area contributed by atoms with E-state index in [1.54, 1.807) is 0 Å². The second-order valence-electron chi connectivity index (χ2n) is 4.56. The Hall–Kier alpha value is -1.95. The van der Waals surface area contributed by atoms with Crippen LogP contribution in [0.15, 0.2) is 24.3 Å². The molecule has 1 aromatic carbocycles. The van der Waals surface area contributed by atoms with Crippen LogP contribution in [-0.4, -0.2) is 29.1 Å². The molecule has 6 heteroatoms. The van der Waals surface area contributed by atoms with Crippen LogP contribution in [0.1, 0.15) is 44.0 Å². The van der Waals surface area contributed by atoms with Gasteiger partial charge < -0.3 is 10.4 Å². The minimum atomic E-state index is -1.09. The quantitative estimate of drug-likeness (QED) is 0.645. The number of rotatable bonds is 2. The molecule has 2 rings (SSSR count). The summed E-state index contributed by atoms with van der Waals surface area (Å²) in [6.07, 6.45) is 2.80. The van der Waals surface area contributed by atoms with Crippen molar-refractivity contribution in [3.63, 3.8) is 0 Å². The van der Waals surface area contributed by atoms with Crippen LogP contribution in [-0.2, 0) is 0 Å². The molecule has 0 amide bonds. The van der Waals surface area contributed by atoms with Gasteiger partial charge in [-0.25, -0.2) is 4.79 Å². The lowest BCUT2D eigenvalue weighted by Crippen LogP contribution is -2.27. The molecule has 0 spiro atoms. The molecule has 1 unspecified atom stereocenters. The molecular formula is C15H24N2O4. The van der Waals surface area contributed by atoms with E-state index < -0.39 is 10.9 Å². The zero-order valence-electron chi connectivity index (χ0n) is 12.8. The highest BCUT2D eigenvalue weighted by atomic mass is 16.6. The fourth-order valence-electron chi connectivity index (χ4n) is 1.75. The molecule has 1 aliphatic rings. The molecule has 2 N–H and O–H groups in total. The van der Waals surface area contributed by atoms with Crippen LogP contribution in [0.3, 0.4) is 0 Å². The summed E-state index contributed by atoms with van der Waals surface area (Å²) < 4.78 is 0. The Morgan fingerprint density at radius 2 is 1.90 bits per heavy atom. The molecule has 0 bridgehead atoms. The molecule has 118 valence electrons. The number of aromatic carboxylic acids is 1. The van der Waals surface area contributed by atoms with E-state index in [9.17, 15) is 14.9 Å². The van der Waals surface area contributed by atoms with Gasteiger partial charge in [0.2, 0.25) is 0 Å². The summed E-state index contributed by atoms with van der Waals surface area (Å²) in [4.78, 5) is 19.9. The number of hydrogen-bond donors (Lipinski definition) is 2. The Labute approximate surface area is 125 Å². The fraction of sp³-hybridized carbons (Fsp3) is 0.533. The summed E-state index contributed by atoms with van der Waals surface area (Å²) in [5.74, 6) is -0.168. The maximum Gasteiger partial charge on any atom is 0.335 e. The number of hydrogen-bond acceptors (Lipinski definition) is 4.